The zero-order valence-electron chi connectivity index (χ0n) is 11.2. The molecule has 18 heavy (non-hydrogen) atoms. The third kappa shape index (κ3) is 4.08. The molecule has 1 fully saturated rings. The Balaban J connectivity index is 1.89. The Labute approximate surface area is 118 Å². The largest absolute Gasteiger partial charge is 0.369 e. The van der Waals surface area contributed by atoms with Crippen molar-refractivity contribution in [2.24, 2.45) is 0 Å². The van der Waals surface area contributed by atoms with Crippen molar-refractivity contribution >= 4 is 15.9 Å². The molecule has 0 bridgehead atoms. The quantitative estimate of drug-likeness (QED) is 0.792. The summed E-state index contributed by atoms with van der Waals surface area (Å²) in [6.45, 7) is 7.51. The summed E-state index contributed by atoms with van der Waals surface area (Å²) in [4.78, 5) is 2.52. The summed E-state index contributed by atoms with van der Waals surface area (Å²) in [7, 11) is 0. The minimum Gasteiger partial charge on any atom is -0.369 e. The second-order valence-corrected chi connectivity index (χ2v) is 6.27. The first-order valence-corrected chi connectivity index (χ1v) is 7.71. The lowest BCUT2D eigenvalue weighted by Gasteiger charge is -2.42. The van der Waals surface area contributed by atoms with Gasteiger partial charge < -0.3 is 4.74 Å². The van der Waals surface area contributed by atoms with E-state index in [2.05, 4.69) is 65.0 Å². The Bertz CT molecular complexity index is 366. The Kier molecular flexibility index (Phi) is 4.82. The van der Waals surface area contributed by atoms with Gasteiger partial charge in [0.1, 0.15) is 0 Å². The zero-order chi connectivity index (χ0) is 13.0. The van der Waals surface area contributed by atoms with Gasteiger partial charge in [0.15, 0.2) is 0 Å². The molecule has 0 amide bonds. The lowest BCUT2D eigenvalue weighted by atomic mass is 10.0. The van der Waals surface area contributed by atoms with E-state index in [1.165, 1.54) is 5.56 Å². The maximum atomic E-state index is 6.02. The molecule has 3 heteroatoms. The van der Waals surface area contributed by atoms with Crippen LogP contribution in [-0.4, -0.2) is 41.6 Å². The molecule has 1 aromatic rings. The van der Waals surface area contributed by atoms with Crippen molar-refractivity contribution in [3.63, 3.8) is 0 Å². The predicted molar refractivity (Wildman–Crippen MR) is 79.3 cm³/mol. The number of rotatable bonds is 4. The zero-order valence-corrected chi connectivity index (χ0v) is 12.8. The Morgan fingerprint density at radius 2 is 2.06 bits per heavy atom. The van der Waals surface area contributed by atoms with Gasteiger partial charge in [0.05, 0.1) is 11.7 Å². The van der Waals surface area contributed by atoms with E-state index in [0.717, 1.165) is 31.4 Å². The summed E-state index contributed by atoms with van der Waals surface area (Å²) in [6.07, 6.45) is 1.43. The van der Waals surface area contributed by atoms with Crippen molar-refractivity contribution in [1.82, 2.24) is 4.90 Å². The standard InChI is InChI=1S/C15H22BrNO/c1-15(2)12-17(11-14(10-16)18-15)9-8-13-6-4-3-5-7-13/h3-7,14H,8-12H2,1-2H3. The van der Waals surface area contributed by atoms with Crippen molar-refractivity contribution in [2.75, 3.05) is 25.0 Å². The average Bonchev–Trinajstić information content (AvgIpc) is 2.36. The lowest BCUT2D eigenvalue weighted by molar-refractivity contribution is -0.126. The summed E-state index contributed by atoms with van der Waals surface area (Å²) in [5.41, 5.74) is 1.38. The Morgan fingerprint density at radius 3 is 2.72 bits per heavy atom. The van der Waals surface area contributed by atoms with E-state index in [1.807, 2.05) is 0 Å². The first-order valence-electron chi connectivity index (χ1n) is 6.59. The molecule has 0 saturated carbocycles. The molecule has 0 aliphatic carbocycles. The normalized spacial score (nSPS) is 24.1. The summed E-state index contributed by atoms with van der Waals surface area (Å²) in [5, 5.41) is 0.915. The van der Waals surface area contributed by atoms with Crippen LogP contribution in [0.2, 0.25) is 0 Å². The first kappa shape index (κ1) is 14.0. The second-order valence-electron chi connectivity index (χ2n) is 5.62. The van der Waals surface area contributed by atoms with Crippen LogP contribution >= 0.6 is 15.9 Å². The molecule has 0 radical (unpaired) electrons. The fourth-order valence-electron chi connectivity index (χ4n) is 2.60. The van der Waals surface area contributed by atoms with Crippen molar-refractivity contribution in [3.8, 4) is 0 Å². The van der Waals surface area contributed by atoms with Gasteiger partial charge in [-0.25, -0.2) is 0 Å². The predicted octanol–water partition coefficient (Wildman–Crippen LogP) is 3.10. The molecule has 2 rings (SSSR count). The highest BCUT2D eigenvalue weighted by Crippen LogP contribution is 2.22. The number of hydrogen-bond acceptors (Lipinski definition) is 2. The minimum atomic E-state index is -0.0344. The van der Waals surface area contributed by atoms with Gasteiger partial charge in [-0.2, -0.15) is 0 Å². The van der Waals surface area contributed by atoms with E-state index in [0.29, 0.717) is 6.10 Å². The van der Waals surface area contributed by atoms with Crippen molar-refractivity contribution in [3.05, 3.63) is 35.9 Å². The number of benzene rings is 1. The molecular formula is C15H22BrNO. The van der Waals surface area contributed by atoms with E-state index < -0.39 is 0 Å². The van der Waals surface area contributed by atoms with Crippen LogP contribution in [0.4, 0.5) is 0 Å². The van der Waals surface area contributed by atoms with Gasteiger partial charge in [-0.05, 0) is 25.8 Å². The van der Waals surface area contributed by atoms with Gasteiger partial charge >= 0.3 is 0 Å². The number of morpholine rings is 1. The average molecular weight is 312 g/mol. The van der Waals surface area contributed by atoms with E-state index in [4.69, 9.17) is 4.74 Å². The van der Waals surface area contributed by atoms with Crippen LogP contribution in [0.3, 0.4) is 0 Å². The summed E-state index contributed by atoms with van der Waals surface area (Å²) >= 11 is 3.53. The van der Waals surface area contributed by atoms with Crippen LogP contribution in [0.5, 0.6) is 0 Å². The summed E-state index contributed by atoms with van der Waals surface area (Å²) in [5.74, 6) is 0. The SMILES string of the molecule is CC1(C)CN(CCc2ccccc2)CC(CBr)O1. The summed E-state index contributed by atoms with van der Waals surface area (Å²) in [6, 6.07) is 10.7. The molecule has 0 N–H and O–H groups in total. The van der Waals surface area contributed by atoms with Gasteiger partial charge in [-0.15, -0.1) is 0 Å². The van der Waals surface area contributed by atoms with E-state index >= 15 is 0 Å². The van der Waals surface area contributed by atoms with Crippen LogP contribution in [0.1, 0.15) is 19.4 Å². The summed E-state index contributed by atoms with van der Waals surface area (Å²) < 4.78 is 6.02. The molecule has 100 valence electrons. The highest BCUT2D eigenvalue weighted by molar-refractivity contribution is 9.09. The topological polar surface area (TPSA) is 12.5 Å². The first-order chi connectivity index (χ1) is 8.59. The third-order valence-corrected chi connectivity index (χ3v) is 4.01. The van der Waals surface area contributed by atoms with Gasteiger partial charge in [0.2, 0.25) is 0 Å². The van der Waals surface area contributed by atoms with E-state index in [1.54, 1.807) is 0 Å². The fourth-order valence-corrected chi connectivity index (χ4v) is 2.94. The monoisotopic (exact) mass is 311 g/mol. The number of hydrogen-bond donors (Lipinski definition) is 0. The Hall–Kier alpha value is -0.380. The molecule has 1 aromatic carbocycles. The molecule has 1 heterocycles. The minimum absolute atomic E-state index is 0.0344. The van der Waals surface area contributed by atoms with Crippen molar-refractivity contribution < 1.29 is 4.74 Å². The van der Waals surface area contributed by atoms with Crippen molar-refractivity contribution in [2.45, 2.75) is 32.0 Å². The van der Waals surface area contributed by atoms with Crippen LogP contribution in [0.15, 0.2) is 30.3 Å². The number of nitrogens with zero attached hydrogens (tertiary/aromatic N) is 1. The molecule has 1 aliphatic rings. The third-order valence-electron chi connectivity index (χ3n) is 3.28. The molecule has 1 atom stereocenters. The van der Waals surface area contributed by atoms with Crippen LogP contribution < -0.4 is 0 Å². The molecule has 0 aromatic heterocycles. The van der Waals surface area contributed by atoms with Gasteiger partial charge in [0.25, 0.3) is 0 Å². The maximum absolute atomic E-state index is 6.02. The molecule has 0 spiro atoms. The molecule has 1 unspecified atom stereocenters. The smallest absolute Gasteiger partial charge is 0.0806 e. The maximum Gasteiger partial charge on any atom is 0.0806 e. The fraction of sp³-hybridized carbons (Fsp3) is 0.600. The van der Waals surface area contributed by atoms with Gasteiger partial charge in [-0.3, -0.25) is 4.90 Å². The molecule has 2 nitrogen and oxygen atoms in total. The molecular weight excluding hydrogens is 290 g/mol. The van der Waals surface area contributed by atoms with Gasteiger partial charge in [0, 0.05) is 25.0 Å². The molecule has 1 aliphatic heterocycles. The number of ether oxygens (including phenoxy) is 1. The van der Waals surface area contributed by atoms with E-state index in [-0.39, 0.29) is 5.60 Å². The highest BCUT2D eigenvalue weighted by atomic mass is 79.9. The highest BCUT2D eigenvalue weighted by Gasteiger charge is 2.32. The van der Waals surface area contributed by atoms with Crippen LogP contribution in [0, 0.1) is 0 Å². The Morgan fingerprint density at radius 1 is 1.33 bits per heavy atom. The number of alkyl halides is 1. The van der Waals surface area contributed by atoms with Crippen molar-refractivity contribution in [1.29, 1.82) is 0 Å². The second kappa shape index (κ2) is 6.18. The van der Waals surface area contributed by atoms with Gasteiger partial charge in [-0.1, -0.05) is 46.3 Å². The molecule has 1 saturated heterocycles. The number of halogens is 1. The van der Waals surface area contributed by atoms with Crippen LogP contribution in [-0.2, 0) is 11.2 Å². The van der Waals surface area contributed by atoms with Crippen LogP contribution in [0.25, 0.3) is 0 Å². The lowest BCUT2D eigenvalue weighted by Crippen LogP contribution is -2.53. The van der Waals surface area contributed by atoms with E-state index in [9.17, 15) is 0 Å².